The molecule has 1 atom stereocenters. The van der Waals surface area contributed by atoms with Gasteiger partial charge in [0, 0.05) is 31.4 Å². The molecule has 2 heterocycles. The topological polar surface area (TPSA) is 71.2 Å². The number of hydrogen-bond donors (Lipinski definition) is 2. The smallest absolute Gasteiger partial charge is 0.251 e. The van der Waals surface area contributed by atoms with Gasteiger partial charge in [-0.2, -0.15) is 0 Å². The van der Waals surface area contributed by atoms with Crippen molar-refractivity contribution >= 4 is 11.7 Å². The van der Waals surface area contributed by atoms with Crippen molar-refractivity contribution in [1.29, 1.82) is 0 Å². The number of nitrogens with one attached hydrogen (secondary N) is 1. The molecule has 1 unspecified atom stereocenters. The summed E-state index contributed by atoms with van der Waals surface area (Å²) in [4.78, 5) is 18.4. The van der Waals surface area contributed by atoms with E-state index in [1.54, 1.807) is 18.3 Å². The second-order valence-electron chi connectivity index (χ2n) is 6.03. The van der Waals surface area contributed by atoms with Crippen LogP contribution in [0.4, 0.5) is 5.82 Å². The number of anilines is 1. The number of allylic oxidation sites excluding steroid dienone is 1. The Bertz CT molecular complexity index is 541. The molecule has 0 saturated carbocycles. The monoisotopic (exact) mass is 302 g/mol. The number of carbonyl (C=O) groups is 1. The predicted molar refractivity (Wildman–Crippen MR) is 89.6 cm³/mol. The van der Waals surface area contributed by atoms with Crippen molar-refractivity contribution in [2.75, 3.05) is 31.9 Å². The molecular weight excluding hydrogens is 276 g/mol. The molecule has 120 valence electrons. The van der Waals surface area contributed by atoms with Crippen LogP contribution in [-0.2, 0) is 0 Å². The van der Waals surface area contributed by atoms with Gasteiger partial charge in [-0.3, -0.25) is 9.69 Å². The largest absolute Gasteiger partial charge is 0.384 e. The van der Waals surface area contributed by atoms with Gasteiger partial charge < -0.3 is 11.1 Å². The first-order valence-electron chi connectivity index (χ1n) is 7.96. The number of amides is 1. The minimum Gasteiger partial charge on any atom is -0.384 e. The molecule has 0 bridgehead atoms. The van der Waals surface area contributed by atoms with Crippen LogP contribution in [0.5, 0.6) is 0 Å². The van der Waals surface area contributed by atoms with E-state index in [9.17, 15) is 4.79 Å². The van der Waals surface area contributed by atoms with Gasteiger partial charge in [0.1, 0.15) is 5.82 Å². The maximum absolute atomic E-state index is 12.1. The van der Waals surface area contributed by atoms with Gasteiger partial charge in [0.05, 0.1) is 0 Å². The lowest BCUT2D eigenvalue weighted by molar-refractivity contribution is 0.0947. The average Bonchev–Trinajstić information content (AvgIpc) is 2.92. The van der Waals surface area contributed by atoms with E-state index in [-0.39, 0.29) is 5.91 Å². The Morgan fingerprint density at radius 1 is 1.59 bits per heavy atom. The third-order valence-electron chi connectivity index (χ3n) is 3.99. The summed E-state index contributed by atoms with van der Waals surface area (Å²) in [5.41, 5.74) is 7.60. The molecule has 1 saturated heterocycles. The summed E-state index contributed by atoms with van der Waals surface area (Å²) in [6.07, 6.45) is 6.07. The zero-order valence-corrected chi connectivity index (χ0v) is 13.5. The van der Waals surface area contributed by atoms with Crippen molar-refractivity contribution in [2.45, 2.75) is 26.7 Å². The number of nitrogens with two attached hydrogens (primary N) is 1. The van der Waals surface area contributed by atoms with E-state index in [1.807, 2.05) is 0 Å². The maximum Gasteiger partial charge on any atom is 0.251 e. The molecule has 2 rings (SSSR count). The van der Waals surface area contributed by atoms with E-state index in [4.69, 9.17) is 5.73 Å². The van der Waals surface area contributed by atoms with Gasteiger partial charge in [0.15, 0.2) is 0 Å². The normalized spacial score (nSPS) is 19.4. The van der Waals surface area contributed by atoms with E-state index >= 15 is 0 Å². The third kappa shape index (κ3) is 4.84. The Labute approximate surface area is 132 Å². The number of rotatable bonds is 6. The van der Waals surface area contributed by atoms with E-state index in [2.05, 4.69) is 35.1 Å². The molecule has 5 heteroatoms. The van der Waals surface area contributed by atoms with Crippen LogP contribution in [-0.4, -0.2) is 42.0 Å². The third-order valence-corrected chi connectivity index (χ3v) is 3.99. The van der Waals surface area contributed by atoms with Crippen molar-refractivity contribution in [3.63, 3.8) is 0 Å². The van der Waals surface area contributed by atoms with Crippen molar-refractivity contribution < 1.29 is 4.79 Å². The van der Waals surface area contributed by atoms with Crippen LogP contribution in [0.3, 0.4) is 0 Å². The minimum absolute atomic E-state index is 0.0744. The quantitative estimate of drug-likeness (QED) is 0.789. The predicted octanol–water partition coefficient (Wildman–Crippen LogP) is 2.07. The Balaban J connectivity index is 1.76. The molecule has 0 aromatic carbocycles. The maximum atomic E-state index is 12.1. The molecule has 1 aromatic heterocycles. The van der Waals surface area contributed by atoms with Gasteiger partial charge >= 0.3 is 0 Å². The highest BCUT2D eigenvalue weighted by atomic mass is 16.1. The van der Waals surface area contributed by atoms with Crippen LogP contribution in [0.2, 0.25) is 0 Å². The summed E-state index contributed by atoms with van der Waals surface area (Å²) < 4.78 is 0. The van der Waals surface area contributed by atoms with E-state index in [0.717, 1.165) is 32.5 Å². The highest BCUT2D eigenvalue weighted by molar-refractivity contribution is 5.94. The Kier molecular flexibility index (Phi) is 5.95. The minimum atomic E-state index is -0.0744. The summed E-state index contributed by atoms with van der Waals surface area (Å²) in [7, 11) is 0. The van der Waals surface area contributed by atoms with Crippen LogP contribution in [0.1, 0.15) is 37.0 Å². The highest BCUT2D eigenvalue weighted by Gasteiger charge is 2.22. The van der Waals surface area contributed by atoms with Gasteiger partial charge in [-0.1, -0.05) is 18.6 Å². The molecular formula is C17H26N4O. The zero-order valence-electron chi connectivity index (χ0n) is 13.5. The van der Waals surface area contributed by atoms with Gasteiger partial charge in [0.25, 0.3) is 5.91 Å². The van der Waals surface area contributed by atoms with E-state index in [0.29, 0.717) is 23.8 Å². The molecule has 22 heavy (non-hydrogen) atoms. The van der Waals surface area contributed by atoms with Crippen LogP contribution < -0.4 is 11.1 Å². The molecule has 3 N–H and O–H groups in total. The van der Waals surface area contributed by atoms with Crippen LogP contribution in [0, 0.1) is 5.92 Å². The van der Waals surface area contributed by atoms with Crippen molar-refractivity contribution in [1.82, 2.24) is 15.2 Å². The fraction of sp³-hybridized carbons (Fsp3) is 0.529. The van der Waals surface area contributed by atoms with Gasteiger partial charge in [-0.25, -0.2) is 4.98 Å². The number of carbonyl (C=O) groups excluding carboxylic acids is 1. The first kappa shape index (κ1) is 16.5. The Morgan fingerprint density at radius 3 is 3.14 bits per heavy atom. The molecule has 0 spiro atoms. The number of likely N-dealkylation sites (tertiary alicyclic amines) is 1. The molecule has 0 radical (unpaired) electrons. The molecule has 5 nitrogen and oxygen atoms in total. The zero-order chi connectivity index (χ0) is 15.9. The lowest BCUT2D eigenvalue weighted by atomic mass is 10.1. The fourth-order valence-corrected chi connectivity index (χ4v) is 2.92. The first-order valence-corrected chi connectivity index (χ1v) is 7.96. The van der Waals surface area contributed by atoms with Gasteiger partial charge in [-0.05, 0) is 44.4 Å². The molecule has 0 aliphatic carbocycles. The average molecular weight is 302 g/mol. The molecule has 1 amide bonds. The molecule has 1 aromatic rings. The summed E-state index contributed by atoms with van der Waals surface area (Å²) in [6, 6.07) is 3.29. The Hall–Kier alpha value is -1.88. The fourth-order valence-electron chi connectivity index (χ4n) is 2.92. The SMILES string of the molecule is CC/C=C(\C)CN1CCC(CNC(=O)c2ccnc(N)c2)C1. The van der Waals surface area contributed by atoms with Crippen LogP contribution in [0.15, 0.2) is 30.0 Å². The second-order valence-corrected chi connectivity index (χ2v) is 6.03. The number of hydrogen-bond acceptors (Lipinski definition) is 4. The summed E-state index contributed by atoms with van der Waals surface area (Å²) in [5, 5.41) is 3.00. The highest BCUT2D eigenvalue weighted by Crippen LogP contribution is 2.17. The van der Waals surface area contributed by atoms with Crippen molar-refractivity contribution in [3.8, 4) is 0 Å². The number of nitrogen functional groups attached to an aromatic ring is 1. The first-order chi connectivity index (χ1) is 10.6. The standard InChI is InChI=1S/C17H26N4O/c1-3-4-13(2)11-21-8-6-14(12-21)10-20-17(22)15-5-7-19-16(18)9-15/h4-5,7,9,14H,3,6,8,10-12H2,1-2H3,(H2,18,19)(H,20,22)/b13-4+. The Morgan fingerprint density at radius 2 is 2.41 bits per heavy atom. The number of pyridine rings is 1. The molecule has 1 aliphatic rings. The number of nitrogens with zero attached hydrogens (tertiary/aromatic N) is 2. The van der Waals surface area contributed by atoms with Crippen molar-refractivity contribution in [2.24, 2.45) is 5.92 Å². The number of aromatic nitrogens is 1. The van der Waals surface area contributed by atoms with Gasteiger partial charge in [-0.15, -0.1) is 0 Å². The van der Waals surface area contributed by atoms with Crippen LogP contribution in [0.25, 0.3) is 0 Å². The van der Waals surface area contributed by atoms with Gasteiger partial charge in [0.2, 0.25) is 0 Å². The lowest BCUT2D eigenvalue weighted by Crippen LogP contribution is -2.31. The van der Waals surface area contributed by atoms with E-state index in [1.165, 1.54) is 5.57 Å². The summed E-state index contributed by atoms with van der Waals surface area (Å²) in [6.45, 7) is 8.27. The summed E-state index contributed by atoms with van der Waals surface area (Å²) in [5.74, 6) is 0.824. The molecule has 1 fully saturated rings. The molecule has 1 aliphatic heterocycles. The van der Waals surface area contributed by atoms with Crippen LogP contribution >= 0.6 is 0 Å². The lowest BCUT2D eigenvalue weighted by Gasteiger charge is -2.16. The second kappa shape index (κ2) is 7.94. The van der Waals surface area contributed by atoms with E-state index < -0.39 is 0 Å². The summed E-state index contributed by atoms with van der Waals surface area (Å²) >= 11 is 0. The van der Waals surface area contributed by atoms with Crippen molar-refractivity contribution in [3.05, 3.63) is 35.5 Å².